The van der Waals surface area contributed by atoms with E-state index in [0.29, 0.717) is 31.5 Å². The van der Waals surface area contributed by atoms with Crippen LogP contribution in [0.25, 0.3) is 0 Å². The van der Waals surface area contributed by atoms with Crippen molar-refractivity contribution >= 4 is 18.5 Å². The van der Waals surface area contributed by atoms with Gasteiger partial charge in [-0.1, -0.05) is 26.3 Å². The van der Waals surface area contributed by atoms with Crippen molar-refractivity contribution in [2.24, 2.45) is 15.9 Å². The molecule has 1 fully saturated rings. The van der Waals surface area contributed by atoms with E-state index in [9.17, 15) is 4.79 Å². The van der Waals surface area contributed by atoms with Gasteiger partial charge in [0.05, 0.1) is 37.9 Å². The predicted molar refractivity (Wildman–Crippen MR) is 114 cm³/mol. The topological polar surface area (TPSA) is 89.3 Å². The van der Waals surface area contributed by atoms with Crippen molar-refractivity contribution in [1.82, 2.24) is 14.9 Å². The molecule has 8 nitrogen and oxygen atoms in total. The van der Waals surface area contributed by atoms with E-state index in [1.54, 1.807) is 30.6 Å². The highest BCUT2D eigenvalue weighted by atomic mass is 16.5. The number of amides is 1. The number of rotatable bonds is 6. The third-order valence-electron chi connectivity index (χ3n) is 5.05. The van der Waals surface area contributed by atoms with Gasteiger partial charge in [0.15, 0.2) is 0 Å². The fourth-order valence-electron chi connectivity index (χ4n) is 2.86. The summed E-state index contributed by atoms with van der Waals surface area (Å²) < 4.78 is 10.9. The van der Waals surface area contributed by atoms with Crippen molar-refractivity contribution in [3.63, 3.8) is 0 Å². The summed E-state index contributed by atoms with van der Waals surface area (Å²) in [6.07, 6.45) is 5.64. The Bertz CT molecular complexity index is 758. The van der Waals surface area contributed by atoms with Gasteiger partial charge in [-0.15, -0.1) is 0 Å². The molecule has 0 bridgehead atoms. The lowest BCUT2D eigenvalue weighted by atomic mass is 9.99. The first-order chi connectivity index (χ1) is 13.8. The zero-order valence-corrected chi connectivity index (χ0v) is 18.0. The zero-order chi connectivity index (χ0) is 21.4. The molecule has 0 aliphatic carbocycles. The number of nitrogens with zero attached hydrogens (tertiary/aromatic N) is 5. The number of aliphatic imine (C=N–C) groups is 2. The predicted octanol–water partition coefficient (Wildman–Crippen LogP) is 2.87. The molecule has 2 rings (SSSR count). The number of aromatic nitrogens is 2. The molecule has 2 atom stereocenters. The number of allylic oxidation sites excluding steroid dienone is 1. The maximum atomic E-state index is 12.8. The maximum Gasteiger partial charge on any atom is 0.291 e. The molecule has 1 aliphatic heterocycles. The van der Waals surface area contributed by atoms with Crippen LogP contribution in [0.1, 0.15) is 45.7 Å². The van der Waals surface area contributed by atoms with Gasteiger partial charge < -0.3 is 14.4 Å². The maximum absolute atomic E-state index is 12.8. The Hall–Kier alpha value is -2.61. The van der Waals surface area contributed by atoms with Crippen LogP contribution >= 0.6 is 0 Å². The summed E-state index contributed by atoms with van der Waals surface area (Å²) in [5, 5.41) is 0. The number of carbonyl (C=O) groups is 1. The Labute approximate surface area is 172 Å². The minimum atomic E-state index is -0.224. The lowest BCUT2D eigenvalue weighted by molar-refractivity contribution is -0.132. The number of hydrogen-bond acceptors (Lipinski definition) is 6. The molecule has 1 aromatic rings. The number of amidine groups is 1. The minimum Gasteiger partial charge on any atom is -0.480 e. The smallest absolute Gasteiger partial charge is 0.291 e. The van der Waals surface area contributed by atoms with Crippen LogP contribution < -0.4 is 4.74 Å². The zero-order valence-electron chi connectivity index (χ0n) is 18.0. The molecule has 1 aromatic heterocycles. The summed E-state index contributed by atoms with van der Waals surface area (Å²) in [7, 11) is 1.56. The Morgan fingerprint density at radius 3 is 2.76 bits per heavy atom. The van der Waals surface area contributed by atoms with Crippen molar-refractivity contribution in [2.75, 3.05) is 26.8 Å². The van der Waals surface area contributed by atoms with Crippen molar-refractivity contribution in [3.8, 4) is 5.88 Å². The quantitative estimate of drug-likeness (QED) is 0.540. The molecular formula is C21H31N5O3. The molecule has 1 aliphatic rings. The van der Waals surface area contributed by atoms with Crippen molar-refractivity contribution in [2.45, 2.75) is 46.1 Å². The normalized spacial score (nSPS) is 19.2. The van der Waals surface area contributed by atoms with Gasteiger partial charge >= 0.3 is 0 Å². The third kappa shape index (κ3) is 6.45. The third-order valence-corrected chi connectivity index (χ3v) is 5.05. The second-order valence-electron chi connectivity index (χ2n) is 7.50. The average molecular weight is 402 g/mol. The van der Waals surface area contributed by atoms with E-state index in [1.165, 1.54) is 0 Å². The fourth-order valence-corrected chi connectivity index (χ4v) is 2.86. The first-order valence-corrected chi connectivity index (χ1v) is 9.83. The van der Waals surface area contributed by atoms with Crippen molar-refractivity contribution in [1.29, 1.82) is 0 Å². The van der Waals surface area contributed by atoms with E-state index in [1.807, 2.05) is 6.92 Å². The van der Waals surface area contributed by atoms with Crippen LogP contribution in [0.15, 0.2) is 34.2 Å². The standard InChI is InChI=1S/C21H31N5O3/c1-14(2)16(4)10-25-20(22-5)21(27)26-7-8-29-17(13-26)9-15(3)18-11-24-19(28-6)12-23-18/h10-12,14-15,17H,5,7-9,13H2,1-4,6H3/b16-10+,25-20-/t15-,17?/m0/s1. The van der Waals surface area contributed by atoms with Crippen molar-refractivity contribution in [3.05, 3.63) is 29.9 Å². The van der Waals surface area contributed by atoms with Crippen LogP contribution in [0, 0.1) is 5.92 Å². The summed E-state index contributed by atoms with van der Waals surface area (Å²) >= 11 is 0. The SMILES string of the molecule is C=N/C(=N\C=C(/C)C(C)C)C(=O)N1CCOC(C[C@H](C)c2cnc(OC)cn2)C1. The highest BCUT2D eigenvalue weighted by Gasteiger charge is 2.28. The monoisotopic (exact) mass is 401 g/mol. The second-order valence-corrected chi connectivity index (χ2v) is 7.50. The molecule has 0 aromatic carbocycles. The summed E-state index contributed by atoms with van der Waals surface area (Å²) in [6, 6.07) is 0. The second kappa shape index (κ2) is 10.8. The van der Waals surface area contributed by atoms with Crippen LogP contribution in [-0.2, 0) is 9.53 Å². The lowest BCUT2D eigenvalue weighted by Gasteiger charge is -2.33. The molecular weight excluding hydrogens is 370 g/mol. The number of ether oxygens (including phenoxy) is 2. The van der Waals surface area contributed by atoms with Crippen LogP contribution in [-0.4, -0.2) is 66.2 Å². The molecule has 1 saturated heterocycles. The van der Waals surface area contributed by atoms with Gasteiger partial charge in [-0.2, -0.15) is 0 Å². The van der Waals surface area contributed by atoms with Crippen LogP contribution in [0.3, 0.4) is 0 Å². The Balaban J connectivity index is 2.01. The number of carbonyl (C=O) groups excluding carboxylic acids is 1. The lowest BCUT2D eigenvalue weighted by Crippen LogP contribution is -2.48. The number of morpholine rings is 1. The van der Waals surface area contributed by atoms with E-state index in [0.717, 1.165) is 17.7 Å². The molecule has 1 amide bonds. The summed E-state index contributed by atoms with van der Waals surface area (Å²) in [5.41, 5.74) is 1.94. The summed E-state index contributed by atoms with van der Waals surface area (Å²) in [6.45, 7) is 13.2. The van der Waals surface area contributed by atoms with E-state index in [-0.39, 0.29) is 23.8 Å². The van der Waals surface area contributed by atoms with Gasteiger partial charge in [-0.25, -0.2) is 15.0 Å². The molecule has 8 heteroatoms. The van der Waals surface area contributed by atoms with Crippen LogP contribution in [0.5, 0.6) is 5.88 Å². The Morgan fingerprint density at radius 2 is 2.17 bits per heavy atom. The largest absolute Gasteiger partial charge is 0.480 e. The fraction of sp³-hybridized carbons (Fsp3) is 0.571. The average Bonchev–Trinajstić information content (AvgIpc) is 2.73. The highest BCUT2D eigenvalue weighted by Crippen LogP contribution is 2.22. The van der Waals surface area contributed by atoms with Gasteiger partial charge in [-0.3, -0.25) is 9.78 Å². The van der Waals surface area contributed by atoms with Crippen molar-refractivity contribution < 1.29 is 14.3 Å². The van der Waals surface area contributed by atoms with E-state index < -0.39 is 0 Å². The first-order valence-electron chi connectivity index (χ1n) is 9.83. The Kier molecular flexibility index (Phi) is 8.45. The first kappa shape index (κ1) is 22.7. The number of methoxy groups -OCH3 is 1. The van der Waals surface area contributed by atoms with Gasteiger partial charge in [0.25, 0.3) is 5.91 Å². The van der Waals surface area contributed by atoms with Gasteiger partial charge in [0, 0.05) is 25.2 Å². The van der Waals surface area contributed by atoms with Crippen LogP contribution in [0.4, 0.5) is 0 Å². The van der Waals surface area contributed by atoms with E-state index in [4.69, 9.17) is 9.47 Å². The van der Waals surface area contributed by atoms with E-state index in [2.05, 4.69) is 47.4 Å². The molecule has 0 radical (unpaired) electrons. The number of hydrogen-bond donors (Lipinski definition) is 0. The molecule has 29 heavy (non-hydrogen) atoms. The summed E-state index contributed by atoms with van der Waals surface area (Å²) in [4.78, 5) is 31.2. The van der Waals surface area contributed by atoms with Gasteiger partial charge in [0.2, 0.25) is 11.7 Å². The molecule has 0 saturated carbocycles. The van der Waals surface area contributed by atoms with Gasteiger partial charge in [0.1, 0.15) is 0 Å². The molecule has 1 unspecified atom stereocenters. The Morgan fingerprint density at radius 1 is 1.41 bits per heavy atom. The highest BCUT2D eigenvalue weighted by molar-refractivity contribution is 6.39. The van der Waals surface area contributed by atoms with Crippen LogP contribution in [0.2, 0.25) is 0 Å². The minimum absolute atomic E-state index is 0.0920. The van der Waals surface area contributed by atoms with E-state index >= 15 is 0 Å². The van der Waals surface area contributed by atoms with Gasteiger partial charge in [-0.05, 0) is 26.0 Å². The summed E-state index contributed by atoms with van der Waals surface area (Å²) in [5.74, 6) is 0.862. The molecule has 2 heterocycles. The molecule has 0 N–H and O–H groups in total. The molecule has 0 spiro atoms. The molecule has 158 valence electrons.